The summed E-state index contributed by atoms with van der Waals surface area (Å²) in [6, 6.07) is 0. The molecule has 0 bridgehead atoms. The highest BCUT2D eigenvalue weighted by Gasteiger charge is 2.12. The van der Waals surface area contributed by atoms with Gasteiger partial charge in [-0.25, -0.2) is 0 Å². The summed E-state index contributed by atoms with van der Waals surface area (Å²) >= 11 is 3.34. The number of hydrazone groups is 1. The minimum absolute atomic E-state index is 1.11. The Labute approximate surface area is 51.3 Å². The molecule has 0 radical (unpaired) electrons. The molecule has 40 valence electrons. The summed E-state index contributed by atoms with van der Waals surface area (Å²) in [4.78, 5) is 0. The van der Waals surface area contributed by atoms with Gasteiger partial charge < -0.3 is 0 Å². The zero-order valence-electron chi connectivity index (χ0n) is 4.24. The van der Waals surface area contributed by atoms with E-state index < -0.39 is 0 Å². The molecule has 2 nitrogen and oxygen atoms in total. The molecule has 1 aliphatic heterocycles. The fraction of sp³-hybridized carbons (Fsp3) is 0.750. The van der Waals surface area contributed by atoms with E-state index in [1.54, 1.807) is 0 Å². The van der Waals surface area contributed by atoms with Crippen LogP contribution < -0.4 is 5.10 Å². The molecule has 1 N–H and O–H groups in total. The monoisotopic (exact) mass is 163 g/mol. The second-order valence-corrected chi connectivity index (χ2v) is 2.65. The van der Waals surface area contributed by atoms with Gasteiger partial charge in [0, 0.05) is 15.9 Å². The molecule has 0 atom stereocenters. The van der Waals surface area contributed by atoms with Crippen LogP contribution in [0.5, 0.6) is 0 Å². The normalized spacial score (nSPS) is 20.3. The van der Waals surface area contributed by atoms with Crippen LogP contribution in [0.25, 0.3) is 0 Å². The summed E-state index contributed by atoms with van der Waals surface area (Å²) in [6.07, 6.45) is 1.12. The van der Waals surface area contributed by atoms with Gasteiger partial charge in [-0.15, -0.1) is 5.10 Å². The second-order valence-electron chi connectivity index (χ2n) is 1.69. The van der Waals surface area contributed by atoms with Crippen molar-refractivity contribution in [1.82, 2.24) is 5.01 Å². The van der Waals surface area contributed by atoms with Crippen LogP contribution in [0.15, 0.2) is 0 Å². The number of hydrogen-bond acceptors (Lipinski definition) is 1. The Hall–Kier alpha value is -0.0500. The van der Waals surface area contributed by atoms with Crippen molar-refractivity contribution in [2.24, 2.45) is 0 Å². The molecule has 1 aliphatic rings. The molecule has 0 aliphatic carbocycles. The SMILES string of the molecule is CN1CCC(Br)=[NH+]1. The van der Waals surface area contributed by atoms with Crippen molar-refractivity contribution in [3.8, 4) is 0 Å². The zero-order chi connectivity index (χ0) is 5.28. The van der Waals surface area contributed by atoms with Crippen molar-refractivity contribution in [3.63, 3.8) is 0 Å². The van der Waals surface area contributed by atoms with E-state index in [1.165, 1.54) is 4.62 Å². The number of rotatable bonds is 0. The topological polar surface area (TPSA) is 17.2 Å². The summed E-state index contributed by atoms with van der Waals surface area (Å²) in [5, 5.41) is 5.13. The van der Waals surface area contributed by atoms with Crippen LogP contribution in [-0.2, 0) is 0 Å². The van der Waals surface area contributed by atoms with Gasteiger partial charge in [-0.1, -0.05) is 0 Å². The molecule has 0 aromatic carbocycles. The fourth-order valence-electron chi connectivity index (χ4n) is 0.585. The Kier molecular flexibility index (Phi) is 1.32. The van der Waals surface area contributed by atoms with Crippen LogP contribution in [0.1, 0.15) is 6.42 Å². The highest BCUT2D eigenvalue weighted by atomic mass is 79.9. The van der Waals surface area contributed by atoms with Crippen LogP contribution in [0.2, 0.25) is 0 Å². The van der Waals surface area contributed by atoms with E-state index in [0.717, 1.165) is 13.0 Å². The lowest BCUT2D eigenvalue weighted by Gasteiger charge is -1.92. The highest BCUT2D eigenvalue weighted by Crippen LogP contribution is 1.92. The molecule has 0 aromatic rings. The van der Waals surface area contributed by atoms with E-state index in [0.29, 0.717) is 0 Å². The summed E-state index contributed by atoms with van der Waals surface area (Å²) in [7, 11) is 2.02. The number of halogens is 1. The average Bonchev–Trinajstić information content (AvgIpc) is 1.87. The molecule has 0 saturated heterocycles. The van der Waals surface area contributed by atoms with Crippen molar-refractivity contribution in [1.29, 1.82) is 0 Å². The molecule has 0 fully saturated rings. The number of hydrogen-bond donors (Lipinski definition) is 1. The Balaban J connectivity index is 2.50. The van der Waals surface area contributed by atoms with Gasteiger partial charge in [-0.05, 0) is 0 Å². The summed E-state index contributed by atoms with van der Waals surface area (Å²) in [5.74, 6) is 0. The third kappa shape index (κ3) is 1.16. The second kappa shape index (κ2) is 1.82. The first-order valence-corrected chi connectivity index (χ1v) is 3.07. The molecule has 0 amide bonds. The Morgan fingerprint density at radius 1 is 1.86 bits per heavy atom. The lowest BCUT2D eigenvalue weighted by atomic mass is 10.5. The van der Waals surface area contributed by atoms with Gasteiger partial charge in [-0.2, -0.15) is 5.01 Å². The van der Waals surface area contributed by atoms with E-state index in [4.69, 9.17) is 0 Å². The first kappa shape index (κ1) is 5.09. The molecule has 0 aromatic heterocycles. The number of nitrogens with one attached hydrogen (secondary N) is 1. The molecule has 0 saturated carbocycles. The number of nitrogens with zero attached hydrogens (tertiary/aromatic N) is 1. The largest absolute Gasteiger partial charge is 0.246 e. The van der Waals surface area contributed by atoms with Crippen molar-refractivity contribution in [2.75, 3.05) is 13.6 Å². The van der Waals surface area contributed by atoms with E-state index in [2.05, 4.69) is 21.0 Å². The lowest BCUT2D eigenvalue weighted by molar-refractivity contribution is -0.624. The van der Waals surface area contributed by atoms with Gasteiger partial charge in [-0.3, -0.25) is 0 Å². The molecule has 7 heavy (non-hydrogen) atoms. The van der Waals surface area contributed by atoms with Gasteiger partial charge in [0.2, 0.25) is 4.62 Å². The van der Waals surface area contributed by atoms with Crippen molar-refractivity contribution >= 4 is 20.6 Å². The average molecular weight is 164 g/mol. The third-order valence-corrected chi connectivity index (χ3v) is 1.55. The van der Waals surface area contributed by atoms with Crippen molar-refractivity contribution < 1.29 is 5.10 Å². The smallest absolute Gasteiger partial charge is 0.190 e. The Morgan fingerprint density at radius 3 is 2.71 bits per heavy atom. The molecule has 1 rings (SSSR count). The van der Waals surface area contributed by atoms with Gasteiger partial charge in [0.25, 0.3) is 0 Å². The van der Waals surface area contributed by atoms with Crippen LogP contribution in [0, 0.1) is 0 Å². The molecular weight excluding hydrogens is 156 g/mol. The minimum atomic E-state index is 1.11. The predicted octanol–water partition coefficient (Wildman–Crippen LogP) is -0.889. The van der Waals surface area contributed by atoms with E-state index in [-0.39, 0.29) is 0 Å². The van der Waals surface area contributed by atoms with Gasteiger partial charge >= 0.3 is 0 Å². The lowest BCUT2D eigenvalue weighted by Crippen LogP contribution is -2.77. The number of hydrazine groups is 1. The molecule has 3 heteroatoms. The molecule has 0 unspecified atom stereocenters. The highest BCUT2D eigenvalue weighted by molar-refractivity contribution is 9.18. The van der Waals surface area contributed by atoms with Gasteiger partial charge in [0.1, 0.15) is 0 Å². The quantitative estimate of drug-likeness (QED) is 0.491. The summed E-state index contributed by atoms with van der Waals surface area (Å²) in [5.41, 5.74) is 0. The van der Waals surface area contributed by atoms with Crippen molar-refractivity contribution in [3.05, 3.63) is 0 Å². The van der Waals surface area contributed by atoms with Crippen LogP contribution in [0.4, 0.5) is 0 Å². The van der Waals surface area contributed by atoms with E-state index >= 15 is 0 Å². The van der Waals surface area contributed by atoms with E-state index in [1.807, 2.05) is 12.1 Å². The molecule has 0 spiro atoms. The Morgan fingerprint density at radius 2 is 2.57 bits per heavy atom. The summed E-state index contributed by atoms with van der Waals surface area (Å²) in [6.45, 7) is 1.11. The molecular formula is C4H8BrN2+. The fourth-order valence-corrected chi connectivity index (χ4v) is 1.06. The van der Waals surface area contributed by atoms with Gasteiger partial charge in [0.05, 0.1) is 20.0 Å². The first-order valence-electron chi connectivity index (χ1n) is 2.28. The van der Waals surface area contributed by atoms with Crippen LogP contribution in [0.3, 0.4) is 0 Å². The van der Waals surface area contributed by atoms with Crippen LogP contribution >= 0.6 is 15.9 Å². The predicted molar refractivity (Wildman–Crippen MR) is 32.1 cm³/mol. The maximum absolute atomic E-state index is 3.34. The maximum atomic E-state index is 3.34. The minimum Gasteiger partial charge on any atom is -0.190 e. The van der Waals surface area contributed by atoms with Gasteiger partial charge in [0.15, 0.2) is 0 Å². The first-order chi connectivity index (χ1) is 3.29. The Bertz CT molecular complexity index is 99.9. The van der Waals surface area contributed by atoms with E-state index in [9.17, 15) is 0 Å². The standard InChI is InChI=1S/C4H7BrN2/c1-7-3-2-4(5)6-7/h2-3H2,1H3/p+1. The van der Waals surface area contributed by atoms with Crippen molar-refractivity contribution in [2.45, 2.75) is 6.42 Å². The molecule has 1 heterocycles. The maximum Gasteiger partial charge on any atom is 0.246 e. The summed E-state index contributed by atoms with van der Waals surface area (Å²) < 4.78 is 1.19. The third-order valence-electron chi connectivity index (χ3n) is 0.979. The van der Waals surface area contributed by atoms with Crippen LogP contribution in [-0.4, -0.2) is 23.2 Å². The zero-order valence-corrected chi connectivity index (χ0v) is 5.83.